The van der Waals surface area contributed by atoms with E-state index in [0.717, 1.165) is 17.1 Å². The van der Waals surface area contributed by atoms with Crippen LogP contribution in [0.5, 0.6) is 0 Å². The van der Waals surface area contributed by atoms with Gasteiger partial charge in [-0.2, -0.15) is 18.3 Å². The Balaban J connectivity index is 1.43. The van der Waals surface area contributed by atoms with E-state index < -0.39 is 11.9 Å². The van der Waals surface area contributed by atoms with Gasteiger partial charge in [-0.05, 0) is 36.6 Å². The average molecular weight is 563 g/mol. The molecule has 1 amide bonds. The quantitative estimate of drug-likeness (QED) is 0.171. The first kappa shape index (κ1) is 27.3. The van der Waals surface area contributed by atoms with Crippen molar-refractivity contribution in [1.29, 1.82) is 0 Å². The molecule has 198 valence electrons. The van der Waals surface area contributed by atoms with Crippen molar-refractivity contribution >= 4 is 40.2 Å². The van der Waals surface area contributed by atoms with Crippen molar-refractivity contribution in [3.63, 3.8) is 0 Å². The van der Waals surface area contributed by atoms with E-state index in [9.17, 15) is 18.0 Å². The minimum absolute atomic E-state index is 0.0713. The largest absolute Gasteiger partial charge is 0.433 e. The second kappa shape index (κ2) is 12.2. The fourth-order valence-corrected chi connectivity index (χ4v) is 4.48. The van der Waals surface area contributed by atoms with Crippen molar-refractivity contribution in [2.24, 2.45) is 5.16 Å². The van der Waals surface area contributed by atoms with Crippen molar-refractivity contribution in [2.45, 2.75) is 32.5 Å². The number of carbonyl (C=O) groups excluding carboxylic acids is 1. The van der Waals surface area contributed by atoms with E-state index in [0.29, 0.717) is 29.2 Å². The Morgan fingerprint density at radius 2 is 2.03 bits per heavy atom. The van der Waals surface area contributed by atoms with Crippen LogP contribution in [-0.2, 0) is 22.4 Å². The molecular formula is C25H22ClF3N6O2S. The van der Waals surface area contributed by atoms with Crippen LogP contribution in [-0.4, -0.2) is 37.9 Å². The second-order valence-electron chi connectivity index (χ2n) is 7.94. The van der Waals surface area contributed by atoms with E-state index >= 15 is 0 Å². The Kier molecular flexibility index (Phi) is 8.74. The lowest BCUT2D eigenvalue weighted by atomic mass is 10.1. The zero-order valence-corrected chi connectivity index (χ0v) is 21.7. The number of pyridine rings is 2. The van der Waals surface area contributed by atoms with Gasteiger partial charge in [0.2, 0.25) is 5.91 Å². The van der Waals surface area contributed by atoms with Crippen molar-refractivity contribution in [3.8, 4) is 5.69 Å². The molecule has 0 aliphatic rings. The third-order valence-electron chi connectivity index (χ3n) is 5.37. The molecule has 0 atom stereocenters. The van der Waals surface area contributed by atoms with Gasteiger partial charge in [-0.3, -0.25) is 14.8 Å². The summed E-state index contributed by atoms with van der Waals surface area (Å²) in [5.41, 5.74) is 1.18. The van der Waals surface area contributed by atoms with E-state index in [4.69, 9.17) is 16.4 Å². The molecule has 13 heteroatoms. The first-order valence-electron chi connectivity index (χ1n) is 11.5. The van der Waals surface area contributed by atoms with Gasteiger partial charge in [0.25, 0.3) is 0 Å². The molecule has 0 spiro atoms. The monoisotopic (exact) mass is 562 g/mol. The summed E-state index contributed by atoms with van der Waals surface area (Å²) in [4.78, 5) is 28.4. The molecule has 0 bridgehead atoms. The maximum Gasteiger partial charge on any atom is 0.433 e. The number of hydrogen-bond donors (Lipinski definition) is 0. The molecule has 4 aromatic heterocycles. The molecule has 0 radical (unpaired) electrons. The Morgan fingerprint density at radius 3 is 2.66 bits per heavy atom. The Bertz CT molecular complexity index is 1380. The van der Waals surface area contributed by atoms with E-state index in [-0.39, 0.29) is 30.5 Å². The molecule has 0 unspecified atom stereocenters. The van der Waals surface area contributed by atoms with Gasteiger partial charge in [-0.25, -0.2) is 4.68 Å². The van der Waals surface area contributed by atoms with E-state index in [1.165, 1.54) is 17.4 Å². The van der Waals surface area contributed by atoms with Crippen LogP contribution >= 0.6 is 22.9 Å². The van der Waals surface area contributed by atoms with Gasteiger partial charge in [-0.1, -0.05) is 28.9 Å². The molecule has 4 aromatic rings. The summed E-state index contributed by atoms with van der Waals surface area (Å²) in [5, 5.41) is 10.5. The molecule has 0 fully saturated rings. The van der Waals surface area contributed by atoms with Gasteiger partial charge in [-0.15, -0.1) is 11.3 Å². The number of thiophene rings is 1. The SMILES string of the molecule is CCN(C(=O)CC/C(=N/OCc1ccc(C(F)(F)F)nc1)c1cccs1)c1cn(-c2cccnc2)nc1Cl. The van der Waals surface area contributed by atoms with Gasteiger partial charge in [0.1, 0.15) is 18.0 Å². The van der Waals surface area contributed by atoms with Crippen LogP contribution in [0, 0.1) is 0 Å². The molecule has 0 aromatic carbocycles. The Labute approximate surface area is 225 Å². The highest BCUT2D eigenvalue weighted by Crippen LogP contribution is 2.28. The predicted molar refractivity (Wildman–Crippen MR) is 139 cm³/mol. The topological polar surface area (TPSA) is 85.5 Å². The Morgan fingerprint density at radius 1 is 1.18 bits per heavy atom. The van der Waals surface area contributed by atoms with Crippen LogP contribution in [0.15, 0.2) is 71.7 Å². The summed E-state index contributed by atoms with van der Waals surface area (Å²) in [6, 6.07) is 9.47. The normalized spacial score (nSPS) is 12.0. The van der Waals surface area contributed by atoms with E-state index in [1.54, 1.807) is 34.2 Å². The molecule has 4 heterocycles. The van der Waals surface area contributed by atoms with Crippen molar-refractivity contribution in [1.82, 2.24) is 19.7 Å². The van der Waals surface area contributed by atoms with Crippen LogP contribution in [0.25, 0.3) is 5.69 Å². The van der Waals surface area contributed by atoms with Gasteiger partial charge in [0, 0.05) is 37.3 Å². The highest BCUT2D eigenvalue weighted by atomic mass is 35.5. The summed E-state index contributed by atoms with van der Waals surface area (Å²) in [6.45, 7) is 2.14. The van der Waals surface area contributed by atoms with Crippen LogP contribution in [0.2, 0.25) is 5.15 Å². The van der Waals surface area contributed by atoms with Crippen molar-refractivity contribution < 1.29 is 22.8 Å². The number of rotatable bonds is 10. The summed E-state index contributed by atoms with van der Waals surface area (Å²) in [6.07, 6.45) is 1.94. The lowest BCUT2D eigenvalue weighted by Crippen LogP contribution is -2.30. The van der Waals surface area contributed by atoms with Crippen LogP contribution in [0.1, 0.15) is 35.9 Å². The number of hydrogen-bond acceptors (Lipinski definition) is 7. The van der Waals surface area contributed by atoms with E-state index in [1.807, 2.05) is 30.5 Å². The number of aromatic nitrogens is 4. The number of carbonyl (C=O) groups is 1. The average Bonchev–Trinajstić information content (AvgIpc) is 3.57. The summed E-state index contributed by atoms with van der Waals surface area (Å²) in [7, 11) is 0. The number of alkyl halides is 3. The first-order valence-corrected chi connectivity index (χ1v) is 12.7. The van der Waals surface area contributed by atoms with Gasteiger partial charge in [0.05, 0.1) is 28.7 Å². The molecular weight excluding hydrogens is 541 g/mol. The molecule has 0 aliphatic carbocycles. The number of oxime groups is 1. The molecule has 0 saturated carbocycles. The minimum Gasteiger partial charge on any atom is -0.391 e. The third-order valence-corrected chi connectivity index (χ3v) is 6.56. The first-order chi connectivity index (χ1) is 18.3. The van der Waals surface area contributed by atoms with Crippen LogP contribution in [0.4, 0.5) is 18.9 Å². The summed E-state index contributed by atoms with van der Waals surface area (Å²) in [5.74, 6) is -0.184. The van der Waals surface area contributed by atoms with Crippen molar-refractivity contribution in [2.75, 3.05) is 11.4 Å². The molecule has 4 rings (SSSR count). The number of anilines is 1. The second-order valence-corrected chi connectivity index (χ2v) is 9.24. The Hall–Kier alpha value is -3.77. The molecule has 0 N–H and O–H groups in total. The highest BCUT2D eigenvalue weighted by molar-refractivity contribution is 7.12. The number of nitrogens with zero attached hydrogens (tertiary/aromatic N) is 6. The molecule has 0 aliphatic heterocycles. The van der Waals surface area contributed by atoms with Crippen LogP contribution < -0.4 is 4.90 Å². The highest BCUT2D eigenvalue weighted by Gasteiger charge is 2.32. The molecule has 0 saturated heterocycles. The van der Waals surface area contributed by atoms with Crippen LogP contribution in [0.3, 0.4) is 0 Å². The van der Waals surface area contributed by atoms with Gasteiger partial charge < -0.3 is 9.74 Å². The lowest BCUT2D eigenvalue weighted by molar-refractivity contribution is -0.141. The zero-order valence-electron chi connectivity index (χ0n) is 20.1. The number of halogens is 4. The molecule has 8 nitrogen and oxygen atoms in total. The maximum atomic E-state index is 13.2. The lowest BCUT2D eigenvalue weighted by Gasteiger charge is -2.19. The smallest absolute Gasteiger partial charge is 0.391 e. The summed E-state index contributed by atoms with van der Waals surface area (Å²) >= 11 is 7.80. The molecule has 38 heavy (non-hydrogen) atoms. The fourth-order valence-electron chi connectivity index (χ4n) is 3.51. The maximum absolute atomic E-state index is 13.2. The zero-order chi connectivity index (χ0) is 27.1. The predicted octanol–water partition coefficient (Wildman–Crippen LogP) is 6.15. The van der Waals surface area contributed by atoms with Gasteiger partial charge >= 0.3 is 6.18 Å². The standard InChI is InChI=1S/C25H22ClF3N6O2S/c1-2-34(20-15-35(32-24(20)26)18-5-3-11-30-14-18)23(36)10-8-19(21-6-4-12-38-21)33-37-16-17-7-9-22(31-13-17)25(27,28)29/h3-7,9,11-15H,2,8,10,16H2,1H3/b33-19-. The number of amides is 1. The minimum atomic E-state index is -4.51. The third kappa shape index (κ3) is 6.75. The van der Waals surface area contributed by atoms with Gasteiger partial charge in [0.15, 0.2) is 5.15 Å². The van der Waals surface area contributed by atoms with E-state index in [2.05, 4.69) is 20.2 Å². The summed E-state index contributed by atoms with van der Waals surface area (Å²) < 4.78 is 39.7. The van der Waals surface area contributed by atoms with Crippen molar-refractivity contribution in [3.05, 3.63) is 87.9 Å². The fraction of sp³-hybridized carbons (Fsp3) is 0.240.